The molecule has 1 heterocycles. The first-order chi connectivity index (χ1) is 13.3. The maximum Gasteiger partial charge on any atom is 0.316 e. The van der Waals surface area contributed by atoms with Gasteiger partial charge in [-0.1, -0.05) is 51.1 Å². The molecule has 0 unspecified atom stereocenters. The van der Waals surface area contributed by atoms with Crippen LogP contribution in [0.2, 0.25) is 0 Å². The maximum atomic E-state index is 12.6. The molecule has 0 saturated heterocycles. The number of rotatable bonds is 6. The van der Waals surface area contributed by atoms with Gasteiger partial charge in [0.2, 0.25) is 0 Å². The number of benzene rings is 1. The average Bonchev–Trinajstić information content (AvgIpc) is 3.00. The molecule has 3 rings (SSSR count). The van der Waals surface area contributed by atoms with E-state index in [1.54, 1.807) is 0 Å². The molecular formula is C22H31N3O2S. The Bertz CT molecular complexity index is 818. The summed E-state index contributed by atoms with van der Waals surface area (Å²) in [6.45, 7) is 10.7. The van der Waals surface area contributed by atoms with Crippen LogP contribution in [-0.2, 0) is 9.53 Å². The number of thioether (sulfide) groups is 1. The summed E-state index contributed by atoms with van der Waals surface area (Å²) in [5, 5.41) is 9.19. The summed E-state index contributed by atoms with van der Waals surface area (Å²) in [4.78, 5) is 12.6. The highest BCUT2D eigenvalue weighted by Gasteiger charge is 2.33. The standard InChI is InChI=1S/C22H31N3O2S/c1-14(2)19-10-9-16(4)12-20(19)27-21(26)13-28-22-24-23-17(5)25(22)18-8-6-7-15(3)11-18/h6-8,11,14,16,19-20H,9-10,12-13H2,1-5H3/t16-,19-,20-/m1/s1. The Hall–Kier alpha value is -1.82. The van der Waals surface area contributed by atoms with Crippen molar-refractivity contribution in [3.8, 4) is 5.69 Å². The van der Waals surface area contributed by atoms with Gasteiger partial charge in [0.15, 0.2) is 5.16 Å². The lowest BCUT2D eigenvalue weighted by atomic mass is 9.75. The highest BCUT2D eigenvalue weighted by Crippen LogP contribution is 2.35. The SMILES string of the molecule is Cc1cccc(-n2c(C)nnc2SCC(=O)O[C@@H]2C[C@H](C)CC[C@@H]2C(C)C)c1. The predicted molar refractivity (Wildman–Crippen MR) is 113 cm³/mol. The summed E-state index contributed by atoms with van der Waals surface area (Å²) in [7, 11) is 0. The van der Waals surface area contributed by atoms with E-state index in [4.69, 9.17) is 4.74 Å². The van der Waals surface area contributed by atoms with Crippen molar-refractivity contribution >= 4 is 17.7 Å². The molecule has 3 atom stereocenters. The van der Waals surface area contributed by atoms with Crippen molar-refractivity contribution in [2.75, 3.05) is 5.75 Å². The van der Waals surface area contributed by atoms with Crippen LogP contribution in [0.5, 0.6) is 0 Å². The Morgan fingerprint density at radius 2 is 2.07 bits per heavy atom. The fourth-order valence-electron chi connectivity index (χ4n) is 4.08. The first kappa shape index (κ1) is 20.9. The van der Waals surface area contributed by atoms with Crippen LogP contribution < -0.4 is 0 Å². The van der Waals surface area contributed by atoms with E-state index in [0.717, 1.165) is 29.5 Å². The fourth-order valence-corrected chi connectivity index (χ4v) is 4.86. The third-order valence-corrected chi connectivity index (χ3v) is 6.52. The van der Waals surface area contributed by atoms with E-state index in [9.17, 15) is 4.79 Å². The van der Waals surface area contributed by atoms with Crippen LogP contribution in [0.1, 0.15) is 51.4 Å². The van der Waals surface area contributed by atoms with Crippen LogP contribution in [0.15, 0.2) is 29.4 Å². The molecule has 152 valence electrons. The summed E-state index contributed by atoms with van der Waals surface area (Å²) in [6.07, 6.45) is 3.38. The molecule has 0 amide bonds. The largest absolute Gasteiger partial charge is 0.461 e. The Morgan fingerprint density at radius 3 is 2.79 bits per heavy atom. The van der Waals surface area contributed by atoms with E-state index >= 15 is 0 Å². The molecule has 0 radical (unpaired) electrons. The maximum absolute atomic E-state index is 12.6. The topological polar surface area (TPSA) is 57.0 Å². The first-order valence-electron chi connectivity index (χ1n) is 10.2. The number of hydrogen-bond acceptors (Lipinski definition) is 5. The highest BCUT2D eigenvalue weighted by atomic mass is 32.2. The normalized spacial score (nSPS) is 22.4. The summed E-state index contributed by atoms with van der Waals surface area (Å²) in [5.41, 5.74) is 2.19. The van der Waals surface area contributed by atoms with Gasteiger partial charge in [-0.25, -0.2) is 0 Å². The van der Waals surface area contributed by atoms with E-state index < -0.39 is 0 Å². The molecule has 0 bridgehead atoms. The third kappa shape index (κ3) is 4.96. The van der Waals surface area contributed by atoms with Gasteiger partial charge in [-0.05, 0) is 62.1 Å². The van der Waals surface area contributed by atoms with Crippen LogP contribution in [-0.4, -0.2) is 32.6 Å². The van der Waals surface area contributed by atoms with Crippen molar-refractivity contribution in [3.63, 3.8) is 0 Å². The van der Waals surface area contributed by atoms with E-state index in [1.807, 2.05) is 23.6 Å². The number of ether oxygens (including phenoxy) is 1. The zero-order chi connectivity index (χ0) is 20.3. The van der Waals surface area contributed by atoms with Crippen LogP contribution in [0.4, 0.5) is 0 Å². The van der Waals surface area contributed by atoms with E-state index in [2.05, 4.69) is 50.0 Å². The van der Waals surface area contributed by atoms with Crippen molar-refractivity contribution in [2.24, 2.45) is 17.8 Å². The molecule has 2 aromatic rings. The second kappa shape index (κ2) is 9.12. The number of aromatic nitrogens is 3. The van der Waals surface area contributed by atoms with Gasteiger partial charge in [-0.3, -0.25) is 9.36 Å². The van der Waals surface area contributed by atoms with Crippen LogP contribution in [0.3, 0.4) is 0 Å². The van der Waals surface area contributed by atoms with Gasteiger partial charge in [-0.2, -0.15) is 0 Å². The Morgan fingerprint density at radius 1 is 1.29 bits per heavy atom. The van der Waals surface area contributed by atoms with Crippen molar-refractivity contribution < 1.29 is 9.53 Å². The molecule has 1 aromatic heterocycles. The quantitative estimate of drug-likeness (QED) is 0.505. The summed E-state index contributed by atoms with van der Waals surface area (Å²) in [5.74, 6) is 2.51. The van der Waals surface area contributed by atoms with Crippen LogP contribution in [0.25, 0.3) is 5.69 Å². The van der Waals surface area contributed by atoms with Gasteiger partial charge in [0.1, 0.15) is 11.9 Å². The predicted octanol–water partition coefficient (Wildman–Crippen LogP) is 4.98. The Balaban J connectivity index is 1.65. The lowest BCUT2D eigenvalue weighted by Crippen LogP contribution is -2.36. The van der Waals surface area contributed by atoms with Gasteiger partial charge < -0.3 is 4.74 Å². The molecule has 1 fully saturated rings. The van der Waals surface area contributed by atoms with Gasteiger partial charge in [0, 0.05) is 5.69 Å². The van der Waals surface area contributed by atoms with Gasteiger partial charge >= 0.3 is 5.97 Å². The molecule has 1 saturated carbocycles. The number of hydrogen-bond donors (Lipinski definition) is 0. The van der Waals surface area contributed by atoms with Crippen molar-refractivity contribution in [1.29, 1.82) is 0 Å². The smallest absolute Gasteiger partial charge is 0.316 e. The van der Waals surface area contributed by atoms with Crippen molar-refractivity contribution in [3.05, 3.63) is 35.7 Å². The minimum absolute atomic E-state index is 0.0354. The molecule has 28 heavy (non-hydrogen) atoms. The highest BCUT2D eigenvalue weighted by molar-refractivity contribution is 7.99. The number of nitrogens with zero attached hydrogens (tertiary/aromatic N) is 3. The number of aryl methyl sites for hydroxylation is 2. The zero-order valence-electron chi connectivity index (χ0n) is 17.5. The molecular weight excluding hydrogens is 370 g/mol. The molecule has 5 nitrogen and oxygen atoms in total. The van der Waals surface area contributed by atoms with Crippen LogP contribution >= 0.6 is 11.8 Å². The average molecular weight is 402 g/mol. The van der Waals surface area contributed by atoms with Gasteiger partial charge in [0.25, 0.3) is 0 Å². The lowest BCUT2D eigenvalue weighted by molar-refractivity contribution is -0.152. The van der Waals surface area contributed by atoms with Crippen molar-refractivity contribution in [2.45, 2.75) is 65.1 Å². The Kier molecular flexibility index (Phi) is 6.81. The number of carbonyl (C=O) groups excluding carboxylic acids is 1. The second-order valence-electron chi connectivity index (χ2n) is 8.35. The summed E-state index contributed by atoms with van der Waals surface area (Å²) >= 11 is 1.39. The Labute approximate surface area is 172 Å². The van der Waals surface area contributed by atoms with E-state index in [-0.39, 0.29) is 17.8 Å². The fraction of sp³-hybridized carbons (Fsp3) is 0.591. The first-order valence-corrected chi connectivity index (χ1v) is 11.1. The summed E-state index contributed by atoms with van der Waals surface area (Å²) < 4.78 is 7.90. The number of carbonyl (C=O) groups is 1. The minimum Gasteiger partial charge on any atom is -0.461 e. The molecule has 1 aliphatic carbocycles. The molecule has 1 aliphatic rings. The van der Waals surface area contributed by atoms with Crippen LogP contribution in [0, 0.1) is 31.6 Å². The summed E-state index contributed by atoms with van der Waals surface area (Å²) in [6, 6.07) is 8.20. The van der Waals surface area contributed by atoms with Crippen molar-refractivity contribution in [1.82, 2.24) is 14.8 Å². The number of esters is 1. The minimum atomic E-state index is -0.161. The molecule has 1 aromatic carbocycles. The van der Waals surface area contributed by atoms with Gasteiger partial charge in [-0.15, -0.1) is 10.2 Å². The molecule has 0 N–H and O–H groups in total. The molecule has 0 spiro atoms. The lowest BCUT2D eigenvalue weighted by Gasteiger charge is -2.36. The molecule has 0 aliphatic heterocycles. The van der Waals surface area contributed by atoms with E-state index in [0.29, 0.717) is 17.8 Å². The monoisotopic (exact) mass is 401 g/mol. The molecule has 6 heteroatoms. The van der Waals surface area contributed by atoms with Gasteiger partial charge in [0.05, 0.1) is 5.75 Å². The van der Waals surface area contributed by atoms with E-state index in [1.165, 1.54) is 23.7 Å². The zero-order valence-corrected chi connectivity index (χ0v) is 18.3. The third-order valence-electron chi connectivity index (χ3n) is 5.62. The second-order valence-corrected chi connectivity index (χ2v) is 9.29.